The molecule has 0 amide bonds. The molecule has 0 heterocycles. The van der Waals surface area contributed by atoms with Gasteiger partial charge in [0.15, 0.2) is 0 Å². The molecule has 1 saturated carbocycles. The van der Waals surface area contributed by atoms with Crippen molar-refractivity contribution in [3.8, 4) is 0 Å². The maximum absolute atomic E-state index is 11.6. The summed E-state index contributed by atoms with van der Waals surface area (Å²) in [6, 6.07) is 0. The van der Waals surface area contributed by atoms with Crippen molar-refractivity contribution in [3.05, 3.63) is 0 Å². The van der Waals surface area contributed by atoms with Crippen LogP contribution in [0.1, 0.15) is 59.8 Å². The number of esters is 1. The van der Waals surface area contributed by atoms with E-state index in [-0.39, 0.29) is 6.10 Å². The Morgan fingerprint density at radius 2 is 1.63 bits per heavy atom. The van der Waals surface area contributed by atoms with Crippen molar-refractivity contribution < 1.29 is 23.8 Å². The van der Waals surface area contributed by atoms with Crippen molar-refractivity contribution in [2.45, 2.75) is 72.2 Å². The Labute approximate surface area is 114 Å². The van der Waals surface area contributed by atoms with Gasteiger partial charge in [0.25, 0.3) is 0 Å². The van der Waals surface area contributed by atoms with Crippen LogP contribution in [-0.4, -0.2) is 24.5 Å². The third kappa shape index (κ3) is 5.94. The van der Waals surface area contributed by atoms with E-state index in [2.05, 4.69) is 0 Å². The summed E-state index contributed by atoms with van der Waals surface area (Å²) in [7, 11) is 0. The molecule has 1 atom stereocenters. The highest BCUT2D eigenvalue weighted by molar-refractivity contribution is 5.75. The van der Waals surface area contributed by atoms with E-state index in [0.717, 1.165) is 25.7 Å². The van der Waals surface area contributed by atoms with E-state index in [9.17, 15) is 9.59 Å². The largest absolute Gasteiger partial charge is 0.511 e. The Kier molecular flexibility index (Phi) is 5.63. The quantitative estimate of drug-likeness (QED) is 0.582. The van der Waals surface area contributed by atoms with E-state index in [0.29, 0.717) is 0 Å². The van der Waals surface area contributed by atoms with Crippen LogP contribution in [0, 0.1) is 5.41 Å². The summed E-state index contributed by atoms with van der Waals surface area (Å²) >= 11 is 0. The third-order valence-electron chi connectivity index (χ3n) is 2.96. The van der Waals surface area contributed by atoms with E-state index in [1.807, 2.05) is 0 Å². The van der Waals surface area contributed by atoms with Gasteiger partial charge in [-0.1, -0.05) is 6.42 Å². The monoisotopic (exact) mass is 272 g/mol. The Balaban J connectivity index is 2.29. The van der Waals surface area contributed by atoms with Gasteiger partial charge in [0.2, 0.25) is 6.29 Å². The fraction of sp³-hybridized carbons (Fsp3) is 0.857. The molecule has 0 bridgehead atoms. The Bertz CT molecular complexity index is 312. The Morgan fingerprint density at radius 3 is 2.16 bits per heavy atom. The summed E-state index contributed by atoms with van der Waals surface area (Å²) < 4.78 is 15.1. The first-order valence-corrected chi connectivity index (χ1v) is 6.87. The average molecular weight is 272 g/mol. The van der Waals surface area contributed by atoms with Crippen LogP contribution in [0.15, 0.2) is 0 Å². The van der Waals surface area contributed by atoms with Gasteiger partial charge in [-0.05, 0) is 46.5 Å². The lowest BCUT2D eigenvalue weighted by atomic mass is 9.97. The van der Waals surface area contributed by atoms with Gasteiger partial charge in [-0.25, -0.2) is 4.79 Å². The van der Waals surface area contributed by atoms with Gasteiger partial charge in [0, 0.05) is 6.92 Å². The second kappa shape index (κ2) is 6.78. The number of ether oxygens (including phenoxy) is 3. The molecule has 0 spiro atoms. The molecule has 0 N–H and O–H groups in total. The van der Waals surface area contributed by atoms with Gasteiger partial charge in [0.1, 0.15) is 6.10 Å². The molecule has 110 valence electrons. The number of carbonyl (C=O) groups excluding carboxylic acids is 2. The molecule has 0 aromatic heterocycles. The van der Waals surface area contributed by atoms with E-state index in [4.69, 9.17) is 14.2 Å². The summed E-state index contributed by atoms with van der Waals surface area (Å²) in [5.74, 6) is -0.412. The number of carbonyl (C=O) groups is 2. The van der Waals surface area contributed by atoms with Gasteiger partial charge in [-0.3, -0.25) is 4.79 Å². The normalized spacial score (nSPS) is 18.5. The van der Waals surface area contributed by atoms with E-state index in [1.165, 1.54) is 13.3 Å². The van der Waals surface area contributed by atoms with Gasteiger partial charge in [-0.2, -0.15) is 0 Å². The molecule has 1 rings (SSSR count). The van der Waals surface area contributed by atoms with Crippen molar-refractivity contribution >= 4 is 12.1 Å². The minimum atomic E-state index is -0.928. The highest BCUT2D eigenvalue weighted by Crippen LogP contribution is 2.21. The molecule has 0 aromatic carbocycles. The van der Waals surface area contributed by atoms with Crippen LogP contribution in [0.25, 0.3) is 0 Å². The lowest BCUT2D eigenvalue weighted by Crippen LogP contribution is -2.31. The van der Waals surface area contributed by atoms with E-state index in [1.54, 1.807) is 20.8 Å². The fourth-order valence-electron chi connectivity index (χ4n) is 1.83. The highest BCUT2D eigenvalue weighted by Gasteiger charge is 2.27. The maximum atomic E-state index is 11.6. The molecule has 5 heteroatoms. The van der Waals surface area contributed by atoms with Crippen LogP contribution in [0.2, 0.25) is 0 Å². The van der Waals surface area contributed by atoms with Crippen molar-refractivity contribution in [1.82, 2.24) is 0 Å². The number of hydrogen-bond donors (Lipinski definition) is 0. The second-order valence-corrected chi connectivity index (χ2v) is 5.97. The zero-order chi connectivity index (χ0) is 14.5. The van der Waals surface area contributed by atoms with Gasteiger partial charge in [-0.15, -0.1) is 0 Å². The van der Waals surface area contributed by atoms with Crippen LogP contribution in [0.4, 0.5) is 4.79 Å². The molecule has 19 heavy (non-hydrogen) atoms. The molecule has 0 aromatic rings. The molecule has 1 unspecified atom stereocenters. The lowest BCUT2D eigenvalue weighted by molar-refractivity contribution is -0.178. The Morgan fingerprint density at radius 1 is 1.05 bits per heavy atom. The molecular weight excluding hydrogens is 248 g/mol. The second-order valence-electron chi connectivity index (χ2n) is 5.97. The summed E-state index contributed by atoms with van der Waals surface area (Å²) in [5.41, 5.74) is -0.620. The third-order valence-corrected chi connectivity index (χ3v) is 2.96. The first-order valence-electron chi connectivity index (χ1n) is 6.87. The zero-order valence-electron chi connectivity index (χ0n) is 12.2. The molecule has 1 aliphatic carbocycles. The van der Waals surface area contributed by atoms with E-state index < -0.39 is 23.8 Å². The number of hydrogen-bond acceptors (Lipinski definition) is 5. The smallest absolute Gasteiger partial charge is 0.431 e. The molecule has 1 aliphatic rings. The van der Waals surface area contributed by atoms with Crippen LogP contribution in [-0.2, 0) is 19.0 Å². The maximum Gasteiger partial charge on any atom is 0.511 e. The number of rotatable bonds is 3. The molecule has 0 aliphatic heterocycles. The highest BCUT2D eigenvalue weighted by atomic mass is 16.8. The molecule has 5 nitrogen and oxygen atoms in total. The molecule has 0 radical (unpaired) electrons. The van der Waals surface area contributed by atoms with Crippen LogP contribution in [0.3, 0.4) is 0 Å². The van der Waals surface area contributed by atoms with Crippen LogP contribution >= 0.6 is 0 Å². The summed E-state index contributed by atoms with van der Waals surface area (Å²) in [4.78, 5) is 23.1. The molecular formula is C14H24O5. The van der Waals surface area contributed by atoms with Gasteiger partial charge in [0.05, 0.1) is 5.41 Å². The van der Waals surface area contributed by atoms with Gasteiger partial charge >= 0.3 is 12.1 Å². The predicted molar refractivity (Wildman–Crippen MR) is 69.4 cm³/mol. The Hall–Kier alpha value is -1.26. The summed E-state index contributed by atoms with van der Waals surface area (Å²) in [6.45, 7) is 6.72. The summed E-state index contributed by atoms with van der Waals surface area (Å²) in [6.07, 6.45) is 3.35. The average Bonchev–Trinajstić information content (AvgIpc) is 2.28. The first-order chi connectivity index (χ1) is 8.79. The lowest BCUT2D eigenvalue weighted by Gasteiger charge is -2.23. The van der Waals surface area contributed by atoms with Crippen LogP contribution < -0.4 is 0 Å². The topological polar surface area (TPSA) is 61.8 Å². The minimum absolute atomic E-state index is 0.0632. The van der Waals surface area contributed by atoms with E-state index >= 15 is 0 Å². The van der Waals surface area contributed by atoms with Gasteiger partial charge < -0.3 is 14.2 Å². The SMILES string of the molecule is CC(OC(=O)OC1CCCCC1)OC(=O)C(C)(C)C. The van der Waals surface area contributed by atoms with Crippen LogP contribution in [0.5, 0.6) is 0 Å². The van der Waals surface area contributed by atoms with Crippen molar-refractivity contribution in [2.75, 3.05) is 0 Å². The minimum Gasteiger partial charge on any atom is -0.431 e. The predicted octanol–water partition coefficient (Wildman–Crippen LogP) is 3.41. The fourth-order valence-corrected chi connectivity index (χ4v) is 1.83. The first kappa shape index (κ1) is 15.8. The van der Waals surface area contributed by atoms with Crippen molar-refractivity contribution in [2.24, 2.45) is 5.41 Å². The summed E-state index contributed by atoms with van der Waals surface area (Å²) in [5, 5.41) is 0. The molecule has 1 fully saturated rings. The van der Waals surface area contributed by atoms with Crippen molar-refractivity contribution in [3.63, 3.8) is 0 Å². The zero-order valence-corrected chi connectivity index (χ0v) is 12.2. The van der Waals surface area contributed by atoms with Crippen molar-refractivity contribution in [1.29, 1.82) is 0 Å². The standard InChI is InChI=1S/C14H24O5/c1-10(17-12(15)14(2,3)4)18-13(16)19-11-8-6-5-7-9-11/h10-11H,5-9H2,1-4H3. The molecule has 0 saturated heterocycles.